The van der Waals surface area contributed by atoms with E-state index >= 15 is 0 Å². The second-order valence-electron chi connectivity index (χ2n) is 15.6. The molecule has 0 saturated heterocycles. The van der Waals surface area contributed by atoms with Crippen LogP contribution in [0, 0.1) is 83.1 Å². The van der Waals surface area contributed by atoms with Crippen LogP contribution in [0.15, 0.2) is 97.1 Å². The lowest BCUT2D eigenvalue weighted by molar-refractivity contribution is 0.399. The Kier molecular flexibility index (Phi) is 12.7. The van der Waals surface area contributed by atoms with E-state index in [1.165, 1.54) is 0 Å². The van der Waals surface area contributed by atoms with Crippen molar-refractivity contribution in [2.75, 3.05) is 0 Å². The molecule has 7 rings (SSSR count). The van der Waals surface area contributed by atoms with E-state index in [4.69, 9.17) is 0 Å². The summed E-state index contributed by atoms with van der Waals surface area (Å²) in [6.45, 7) is 23.8. The van der Waals surface area contributed by atoms with Crippen LogP contribution < -0.4 is 20.7 Å². The molecule has 0 atom stereocenters. The molecule has 0 fully saturated rings. The van der Waals surface area contributed by atoms with Gasteiger partial charge in [-0.3, -0.25) is 0 Å². The van der Waals surface area contributed by atoms with E-state index in [2.05, 4.69) is 9.97 Å². The van der Waals surface area contributed by atoms with Crippen molar-refractivity contribution in [3.63, 3.8) is 0 Å². The second-order valence-corrected chi connectivity index (χ2v) is 20.3. The van der Waals surface area contributed by atoms with Crippen molar-refractivity contribution in [1.29, 1.82) is 0 Å². The van der Waals surface area contributed by atoms with Crippen LogP contribution in [-0.2, 0) is 0 Å². The molecule has 6 aromatic carbocycles. The van der Waals surface area contributed by atoms with E-state index in [1.54, 1.807) is 0 Å². The van der Waals surface area contributed by atoms with Gasteiger partial charge in [-0.15, -0.1) is 0 Å². The maximum atomic E-state index is 11.1. The lowest BCUT2D eigenvalue weighted by Crippen LogP contribution is -2.62. The van der Waals surface area contributed by atoms with Crippen LogP contribution in [-0.4, -0.2) is 46.3 Å². The summed E-state index contributed by atoms with van der Waals surface area (Å²) in [5.74, 6) is 0. The zero-order valence-corrected chi connectivity index (χ0v) is 36.9. The number of hydrogen-bond acceptors (Lipinski definition) is 6. The Labute approximate surface area is 334 Å². The Morgan fingerprint density at radius 3 is 0.625 bits per heavy atom. The number of rotatable bonds is 4. The van der Waals surface area contributed by atoms with Crippen LogP contribution in [0.25, 0.3) is 22.1 Å². The predicted molar refractivity (Wildman–Crippen MR) is 239 cm³/mol. The van der Waals surface area contributed by atoms with Crippen LogP contribution in [0.1, 0.15) is 66.8 Å². The summed E-state index contributed by atoms with van der Waals surface area (Å²) < 4.78 is 0. The molecule has 56 heavy (non-hydrogen) atoms. The fraction of sp³-hybridized carbons (Fsp3) is 0.250. The summed E-state index contributed by atoms with van der Waals surface area (Å²) in [5.41, 5.74) is 16.1. The quantitative estimate of drug-likeness (QED) is 0.114. The molecule has 0 aliphatic heterocycles. The molecule has 0 bridgehead atoms. The molecule has 7 aromatic rings. The summed E-state index contributed by atoms with van der Waals surface area (Å²) in [6, 6.07) is 32.0. The van der Waals surface area contributed by atoms with E-state index in [0.29, 0.717) is 0 Å². The molecule has 0 amide bonds. The highest BCUT2D eigenvalue weighted by Crippen LogP contribution is 2.18. The Bertz CT molecular complexity index is 2140. The molecule has 8 heteroatoms. The molecule has 0 unspecified atom stereocenters. The maximum Gasteiger partial charge on any atom is 0.402 e. The van der Waals surface area contributed by atoms with Crippen LogP contribution in [0.5, 0.6) is 0 Å². The SMILES string of the molecule is Cc1cc(C)c([Si](O)(O)c2c(C)cc(C)cc2C)c(C)c1.Cc1cc(C)c([Si](O)(O)c2c(C)cc(C)cc2C)c(C)c1.c1ccc2nc3ccccc3nc2c1. The standard InChI is InChI=1S/2C18H24O2Si.C12H8N2/c2*1-11-7-13(3)17(14(4)8-11)21(19,20)18-15(5)9-12(2)10-16(18)6;1-2-6-10-9(5-1)13-11-7-3-4-8-12(11)14-10/h2*7-10,19-20H,1-6H3;1-8H. The topological polar surface area (TPSA) is 107 Å². The fourth-order valence-corrected chi connectivity index (χ4v) is 14.2. The zero-order valence-electron chi connectivity index (χ0n) is 34.9. The number of aryl methyl sites for hydroxylation is 12. The largest absolute Gasteiger partial charge is 0.404 e. The molecule has 0 radical (unpaired) electrons. The average molecular weight is 781 g/mol. The molecule has 0 aliphatic carbocycles. The normalized spacial score (nSPS) is 11.6. The van der Waals surface area contributed by atoms with Gasteiger partial charge in [0, 0.05) is 20.7 Å². The van der Waals surface area contributed by atoms with Gasteiger partial charge < -0.3 is 19.2 Å². The highest BCUT2D eigenvalue weighted by atomic mass is 28.4. The van der Waals surface area contributed by atoms with Crippen LogP contribution in [0.4, 0.5) is 0 Å². The Morgan fingerprint density at radius 1 is 0.304 bits per heavy atom. The number of para-hydroxylation sites is 4. The van der Waals surface area contributed by atoms with E-state index < -0.39 is 17.1 Å². The monoisotopic (exact) mass is 780 g/mol. The number of benzene rings is 6. The molecule has 6 nitrogen and oxygen atoms in total. The minimum atomic E-state index is -3.68. The molecule has 1 aromatic heterocycles. The molecule has 290 valence electrons. The maximum absolute atomic E-state index is 11.1. The third kappa shape index (κ3) is 8.92. The van der Waals surface area contributed by atoms with Crippen molar-refractivity contribution in [3.8, 4) is 0 Å². The Balaban J connectivity index is 0.000000164. The summed E-state index contributed by atoms with van der Waals surface area (Å²) in [4.78, 5) is 53.3. The van der Waals surface area contributed by atoms with E-state index in [9.17, 15) is 19.2 Å². The number of fused-ring (bicyclic) bond motifs is 2. The van der Waals surface area contributed by atoms with E-state index in [1.807, 2.05) is 180 Å². The third-order valence-electron chi connectivity index (χ3n) is 10.3. The summed E-state index contributed by atoms with van der Waals surface area (Å²) in [5, 5.41) is 2.90. The number of nitrogens with zero attached hydrogens (tertiary/aromatic N) is 2. The molecule has 0 aliphatic rings. The highest BCUT2D eigenvalue weighted by Gasteiger charge is 2.41. The summed E-state index contributed by atoms with van der Waals surface area (Å²) >= 11 is 0. The Hall–Kier alpha value is -4.81. The van der Waals surface area contributed by atoms with Crippen LogP contribution >= 0.6 is 0 Å². The third-order valence-corrected chi connectivity index (χ3v) is 16.3. The van der Waals surface area contributed by atoms with Crippen molar-refractivity contribution < 1.29 is 19.2 Å². The molecule has 1 heterocycles. The second kappa shape index (κ2) is 16.7. The van der Waals surface area contributed by atoms with E-state index in [0.717, 1.165) is 110 Å². The number of aromatic nitrogens is 2. The van der Waals surface area contributed by atoms with Crippen molar-refractivity contribution >= 4 is 59.9 Å². The van der Waals surface area contributed by atoms with Gasteiger partial charge in [-0.2, -0.15) is 0 Å². The smallest absolute Gasteiger partial charge is 0.402 e. The minimum Gasteiger partial charge on any atom is -0.404 e. The minimum absolute atomic E-state index is 0.725. The van der Waals surface area contributed by atoms with Gasteiger partial charge in [0.25, 0.3) is 0 Å². The van der Waals surface area contributed by atoms with Gasteiger partial charge in [0.05, 0.1) is 22.1 Å². The van der Waals surface area contributed by atoms with Crippen LogP contribution in [0.2, 0.25) is 0 Å². The lowest BCUT2D eigenvalue weighted by atomic mass is 10.1. The van der Waals surface area contributed by atoms with E-state index in [-0.39, 0.29) is 0 Å². The molecular formula is C48H56N2O4Si2. The van der Waals surface area contributed by atoms with Gasteiger partial charge in [0.15, 0.2) is 0 Å². The van der Waals surface area contributed by atoms with Crippen LogP contribution in [0.3, 0.4) is 0 Å². The highest BCUT2D eigenvalue weighted by molar-refractivity contribution is 6.92. The fourth-order valence-electron chi connectivity index (χ4n) is 8.74. The van der Waals surface area contributed by atoms with Gasteiger partial charge >= 0.3 is 17.1 Å². The first-order valence-corrected chi connectivity index (χ1v) is 22.9. The van der Waals surface area contributed by atoms with Crippen molar-refractivity contribution in [3.05, 3.63) is 164 Å². The van der Waals surface area contributed by atoms with Gasteiger partial charge in [-0.1, -0.05) is 95.1 Å². The summed E-state index contributed by atoms with van der Waals surface area (Å²) in [7, 11) is -7.36. The average Bonchev–Trinajstić information content (AvgIpc) is 3.05. The van der Waals surface area contributed by atoms with Crippen molar-refractivity contribution in [2.45, 2.75) is 83.1 Å². The molecular weight excluding hydrogens is 725 g/mol. The van der Waals surface area contributed by atoms with Gasteiger partial charge in [-0.25, -0.2) is 9.97 Å². The van der Waals surface area contributed by atoms with Crippen molar-refractivity contribution in [1.82, 2.24) is 9.97 Å². The molecule has 0 spiro atoms. The van der Waals surface area contributed by atoms with Gasteiger partial charge in [0.2, 0.25) is 0 Å². The first kappa shape index (κ1) is 42.3. The number of hydrogen-bond donors (Lipinski definition) is 4. The predicted octanol–water partition coefficient (Wildman–Crippen LogP) is 6.94. The summed E-state index contributed by atoms with van der Waals surface area (Å²) in [6.07, 6.45) is 0. The molecule has 0 saturated carbocycles. The zero-order chi connectivity index (χ0) is 41.3. The van der Waals surface area contributed by atoms with Gasteiger partial charge in [0.1, 0.15) is 0 Å². The molecule has 4 N–H and O–H groups in total. The van der Waals surface area contributed by atoms with Crippen molar-refractivity contribution in [2.24, 2.45) is 0 Å². The first-order valence-electron chi connectivity index (χ1n) is 19.1. The van der Waals surface area contributed by atoms with Gasteiger partial charge in [-0.05, 0) is 152 Å². The lowest BCUT2D eigenvalue weighted by Gasteiger charge is -2.26. The first-order chi connectivity index (χ1) is 26.2. The Morgan fingerprint density at radius 2 is 0.464 bits per heavy atom.